The van der Waals surface area contributed by atoms with Crippen LogP contribution in [0.15, 0.2) is 42.5 Å². The zero-order valence-electron chi connectivity index (χ0n) is 10.9. The molecule has 0 aliphatic heterocycles. The van der Waals surface area contributed by atoms with Crippen LogP contribution in [0.5, 0.6) is 0 Å². The second kappa shape index (κ2) is 6.69. The normalized spacial score (nSPS) is 12.2. The summed E-state index contributed by atoms with van der Waals surface area (Å²) in [7, 11) is -0.833. The first-order valence-electron chi connectivity index (χ1n) is 6.27. The quantitative estimate of drug-likeness (QED) is 0.483. The fourth-order valence-electron chi connectivity index (χ4n) is 1.65. The highest BCUT2D eigenvalue weighted by Gasteiger charge is 2.10. The Kier molecular flexibility index (Phi) is 5.54. The molecule has 0 saturated carbocycles. The summed E-state index contributed by atoms with van der Waals surface area (Å²) in [4.78, 5) is 0. The average Bonchev–Trinajstić information content (AvgIpc) is 2.23. The second-order valence-corrected chi connectivity index (χ2v) is 11.2. The average molecular weight is 232 g/mol. The molecule has 1 heteroatoms. The lowest BCUT2D eigenvalue weighted by molar-refractivity contribution is 0.990. The molecule has 0 atom stereocenters. The highest BCUT2D eigenvalue weighted by molar-refractivity contribution is 6.76. The van der Waals surface area contributed by atoms with Crippen LogP contribution in [0.3, 0.4) is 0 Å². The molecule has 0 bridgehead atoms. The van der Waals surface area contributed by atoms with Crippen LogP contribution in [-0.4, -0.2) is 8.07 Å². The van der Waals surface area contributed by atoms with Crippen LogP contribution in [0.1, 0.15) is 18.4 Å². The van der Waals surface area contributed by atoms with Crippen molar-refractivity contribution in [1.29, 1.82) is 0 Å². The first-order chi connectivity index (χ1) is 7.58. The lowest BCUT2D eigenvalue weighted by Gasteiger charge is -2.13. The van der Waals surface area contributed by atoms with E-state index in [1.807, 2.05) is 0 Å². The number of benzene rings is 1. The first kappa shape index (κ1) is 13.2. The van der Waals surface area contributed by atoms with E-state index < -0.39 is 8.07 Å². The fraction of sp³-hybridized carbons (Fsp3) is 0.467. The Morgan fingerprint density at radius 3 is 2.19 bits per heavy atom. The maximum atomic E-state index is 2.44. The second-order valence-electron chi connectivity index (χ2n) is 5.60. The number of rotatable bonds is 6. The molecule has 1 aromatic rings. The Labute approximate surface area is 101 Å². The minimum Gasteiger partial charge on any atom is -0.0888 e. The van der Waals surface area contributed by atoms with Gasteiger partial charge >= 0.3 is 0 Å². The van der Waals surface area contributed by atoms with E-state index >= 15 is 0 Å². The highest BCUT2D eigenvalue weighted by atomic mass is 28.3. The summed E-state index contributed by atoms with van der Waals surface area (Å²) >= 11 is 0. The molecule has 0 saturated heterocycles. The summed E-state index contributed by atoms with van der Waals surface area (Å²) in [6.45, 7) is 7.31. The summed E-state index contributed by atoms with van der Waals surface area (Å²) in [5.74, 6) is 0. The number of hydrogen-bond donors (Lipinski definition) is 0. The largest absolute Gasteiger partial charge is 0.0888 e. The van der Waals surface area contributed by atoms with Gasteiger partial charge in [-0.15, -0.1) is 0 Å². The van der Waals surface area contributed by atoms with Crippen molar-refractivity contribution in [2.45, 2.75) is 44.9 Å². The third kappa shape index (κ3) is 6.62. The third-order valence-corrected chi connectivity index (χ3v) is 4.46. The zero-order chi connectivity index (χ0) is 11.9. The van der Waals surface area contributed by atoms with Gasteiger partial charge in [-0.1, -0.05) is 68.2 Å². The van der Waals surface area contributed by atoms with Crippen LogP contribution in [0.2, 0.25) is 25.7 Å². The van der Waals surface area contributed by atoms with Crippen molar-refractivity contribution in [1.82, 2.24) is 0 Å². The molecular formula is C15H24Si. The van der Waals surface area contributed by atoms with Gasteiger partial charge in [0.25, 0.3) is 0 Å². The van der Waals surface area contributed by atoms with Crippen LogP contribution in [0, 0.1) is 0 Å². The van der Waals surface area contributed by atoms with E-state index in [4.69, 9.17) is 0 Å². The van der Waals surface area contributed by atoms with Gasteiger partial charge in [-0.3, -0.25) is 0 Å². The molecule has 0 heterocycles. The van der Waals surface area contributed by atoms with Gasteiger partial charge in [-0.2, -0.15) is 0 Å². The van der Waals surface area contributed by atoms with Crippen molar-refractivity contribution in [3.05, 3.63) is 48.0 Å². The van der Waals surface area contributed by atoms with Gasteiger partial charge < -0.3 is 0 Å². The van der Waals surface area contributed by atoms with E-state index in [0.29, 0.717) is 0 Å². The molecule has 0 aliphatic carbocycles. The van der Waals surface area contributed by atoms with E-state index in [-0.39, 0.29) is 0 Å². The van der Waals surface area contributed by atoms with Gasteiger partial charge in [-0.25, -0.2) is 0 Å². The highest BCUT2D eigenvalue weighted by Crippen LogP contribution is 2.11. The van der Waals surface area contributed by atoms with Crippen LogP contribution in [0.25, 0.3) is 0 Å². The first-order valence-corrected chi connectivity index (χ1v) is 9.97. The number of hydrogen-bond acceptors (Lipinski definition) is 0. The van der Waals surface area contributed by atoms with Crippen molar-refractivity contribution in [3.8, 4) is 0 Å². The Morgan fingerprint density at radius 2 is 1.56 bits per heavy atom. The maximum Gasteiger partial charge on any atom is 0.0445 e. The summed E-state index contributed by atoms with van der Waals surface area (Å²) < 4.78 is 0. The minimum atomic E-state index is -0.833. The molecule has 1 rings (SSSR count). The summed E-state index contributed by atoms with van der Waals surface area (Å²) in [6, 6.07) is 12.1. The van der Waals surface area contributed by atoms with Gasteiger partial charge in [0.1, 0.15) is 0 Å². The van der Waals surface area contributed by atoms with Crippen LogP contribution >= 0.6 is 0 Å². The van der Waals surface area contributed by atoms with Gasteiger partial charge in [0.2, 0.25) is 0 Å². The topological polar surface area (TPSA) is 0 Å². The predicted octanol–water partition coefficient (Wildman–Crippen LogP) is 4.90. The Balaban J connectivity index is 2.14. The molecule has 0 aliphatic rings. The van der Waals surface area contributed by atoms with Crippen LogP contribution < -0.4 is 0 Å². The van der Waals surface area contributed by atoms with Crippen molar-refractivity contribution >= 4 is 8.07 Å². The Hall–Kier alpha value is -0.823. The van der Waals surface area contributed by atoms with E-state index in [1.165, 1.54) is 30.9 Å². The van der Waals surface area contributed by atoms with Crippen LogP contribution in [0.4, 0.5) is 0 Å². The molecule has 0 radical (unpaired) electrons. The summed E-state index contributed by atoms with van der Waals surface area (Å²) in [6.07, 6.45) is 8.32. The molecule has 0 unspecified atom stereocenters. The number of allylic oxidation sites excluding steroid dienone is 2. The van der Waals surface area contributed by atoms with Gasteiger partial charge in [0, 0.05) is 8.07 Å². The minimum absolute atomic E-state index is 0.833. The zero-order valence-corrected chi connectivity index (χ0v) is 11.9. The van der Waals surface area contributed by atoms with Gasteiger partial charge in [0.15, 0.2) is 0 Å². The van der Waals surface area contributed by atoms with E-state index in [2.05, 4.69) is 62.1 Å². The maximum absolute atomic E-state index is 2.44. The molecule has 0 fully saturated rings. The molecule has 1 aromatic carbocycles. The van der Waals surface area contributed by atoms with Gasteiger partial charge in [0.05, 0.1) is 0 Å². The summed E-state index contributed by atoms with van der Waals surface area (Å²) in [5.41, 5.74) is 1.44. The third-order valence-electron chi connectivity index (χ3n) is 2.67. The molecule has 16 heavy (non-hydrogen) atoms. The Bertz CT molecular complexity index is 306. The SMILES string of the molecule is C[Si](C)(C)CC/C=C\CCc1ccccc1. The number of aryl methyl sites for hydroxylation is 1. The van der Waals surface area contributed by atoms with Crippen molar-refractivity contribution in [3.63, 3.8) is 0 Å². The van der Waals surface area contributed by atoms with E-state index in [1.54, 1.807) is 0 Å². The Morgan fingerprint density at radius 1 is 0.938 bits per heavy atom. The lowest BCUT2D eigenvalue weighted by atomic mass is 10.1. The predicted molar refractivity (Wildman–Crippen MR) is 76.7 cm³/mol. The fourth-order valence-corrected chi connectivity index (χ4v) is 2.68. The lowest BCUT2D eigenvalue weighted by Crippen LogP contribution is -2.18. The standard InChI is InChI=1S/C15H24Si/c1-16(2,3)14-10-5-4-7-11-15-12-8-6-9-13-15/h4-6,8-9,12-13H,7,10-11,14H2,1-3H3/b5-4-. The van der Waals surface area contributed by atoms with Crippen molar-refractivity contribution in [2.75, 3.05) is 0 Å². The van der Waals surface area contributed by atoms with E-state index in [0.717, 1.165) is 0 Å². The molecule has 0 spiro atoms. The molecule has 0 aromatic heterocycles. The van der Waals surface area contributed by atoms with Crippen molar-refractivity contribution in [2.24, 2.45) is 0 Å². The summed E-state index contributed by atoms with van der Waals surface area (Å²) in [5, 5.41) is 0. The molecular weight excluding hydrogens is 208 g/mol. The smallest absolute Gasteiger partial charge is 0.0445 e. The monoisotopic (exact) mass is 232 g/mol. The molecule has 88 valence electrons. The molecule has 0 amide bonds. The van der Waals surface area contributed by atoms with Gasteiger partial charge in [-0.05, 0) is 24.8 Å². The van der Waals surface area contributed by atoms with Crippen LogP contribution in [-0.2, 0) is 6.42 Å². The van der Waals surface area contributed by atoms with Crippen molar-refractivity contribution < 1.29 is 0 Å². The molecule has 0 nitrogen and oxygen atoms in total. The van der Waals surface area contributed by atoms with E-state index in [9.17, 15) is 0 Å². The molecule has 0 N–H and O–H groups in total.